The first-order chi connectivity index (χ1) is 15.2. The van der Waals surface area contributed by atoms with Gasteiger partial charge in [-0.3, -0.25) is 4.21 Å². The summed E-state index contributed by atoms with van der Waals surface area (Å²) >= 11 is 0. The van der Waals surface area contributed by atoms with Crippen LogP contribution in [0, 0.1) is 11.6 Å². The number of sulfone groups is 1. The van der Waals surface area contributed by atoms with Crippen LogP contribution < -0.4 is 4.74 Å². The molecular formula is C21H20F5NO4S2. The molecule has 0 aliphatic carbocycles. The van der Waals surface area contributed by atoms with E-state index in [4.69, 9.17) is 4.74 Å². The number of ether oxygens (including phenoxy) is 1. The van der Waals surface area contributed by atoms with E-state index in [1.807, 2.05) is 0 Å². The Bertz CT molecular complexity index is 1310. The first kappa shape index (κ1) is 24.0. The van der Waals surface area contributed by atoms with Gasteiger partial charge in [0.25, 0.3) is 0 Å². The van der Waals surface area contributed by atoms with E-state index >= 15 is 4.39 Å². The summed E-state index contributed by atoms with van der Waals surface area (Å²) in [5.74, 6) is 1.02. The number of alkyl halides is 3. The van der Waals surface area contributed by atoms with Crippen molar-refractivity contribution in [1.29, 1.82) is 0 Å². The average molecular weight is 510 g/mol. The van der Waals surface area contributed by atoms with Crippen molar-refractivity contribution in [2.45, 2.75) is 34.7 Å². The average Bonchev–Trinajstić information content (AvgIpc) is 2.74. The topological polar surface area (TPSA) is 63.7 Å². The number of fused-ring (bicyclic) bond motifs is 3. The molecule has 0 amide bonds. The summed E-state index contributed by atoms with van der Waals surface area (Å²) in [6, 6.07) is 3.19. The summed E-state index contributed by atoms with van der Waals surface area (Å²) in [5, 5.41) is 0. The predicted octanol–water partition coefficient (Wildman–Crippen LogP) is 3.77. The van der Waals surface area contributed by atoms with Gasteiger partial charge in [0.05, 0.1) is 22.1 Å². The highest BCUT2D eigenvalue weighted by atomic mass is 32.2. The summed E-state index contributed by atoms with van der Waals surface area (Å²) < 4.78 is 114. The van der Waals surface area contributed by atoms with Crippen molar-refractivity contribution in [3.8, 4) is 5.75 Å². The summed E-state index contributed by atoms with van der Waals surface area (Å²) in [6.07, 6.45) is -3.42. The molecule has 0 aromatic heterocycles. The highest BCUT2D eigenvalue weighted by Crippen LogP contribution is 2.54. The van der Waals surface area contributed by atoms with Crippen molar-refractivity contribution in [1.82, 2.24) is 4.31 Å². The molecule has 1 fully saturated rings. The Labute approximate surface area is 188 Å². The molecule has 2 heterocycles. The lowest BCUT2D eigenvalue weighted by Crippen LogP contribution is -2.64. The Hall–Kier alpha value is -2.18. The Kier molecular flexibility index (Phi) is 5.57. The van der Waals surface area contributed by atoms with E-state index < -0.39 is 76.5 Å². The van der Waals surface area contributed by atoms with Crippen LogP contribution in [0.15, 0.2) is 41.3 Å². The molecule has 12 heteroatoms. The molecule has 2 aliphatic rings. The zero-order chi connectivity index (χ0) is 24.4. The van der Waals surface area contributed by atoms with E-state index in [2.05, 4.69) is 5.87 Å². The fourth-order valence-electron chi connectivity index (χ4n) is 4.74. The van der Waals surface area contributed by atoms with Gasteiger partial charge in [-0.15, -0.1) is 0 Å². The Morgan fingerprint density at radius 2 is 1.67 bits per heavy atom. The minimum absolute atomic E-state index is 0.145. The van der Waals surface area contributed by atoms with Gasteiger partial charge in [0, 0.05) is 22.5 Å². The van der Waals surface area contributed by atoms with E-state index in [0.717, 1.165) is 24.3 Å². The summed E-state index contributed by atoms with van der Waals surface area (Å²) in [4.78, 5) is -0.495. The molecule has 0 N–H and O–H groups in total. The first-order valence-corrected chi connectivity index (χ1v) is 13.4. The molecule has 0 radical (unpaired) electrons. The number of benzene rings is 2. The molecule has 180 valence electrons. The zero-order valence-corrected chi connectivity index (χ0v) is 19.0. The van der Waals surface area contributed by atoms with Crippen molar-refractivity contribution < 1.29 is 39.3 Å². The fraction of sp³-hybridized carbons (Fsp3) is 0.381. The van der Waals surface area contributed by atoms with Crippen molar-refractivity contribution in [2.75, 3.05) is 19.4 Å². The zero-order valence-electron chi connectivity index (χ0n) is 17.4. The van der Waals surface area contributed by atoms with Crippen LogP contribution in [0.25, 0.3) is 0 Å². The van der Waals surface area contributed by atoms with Crippen LogP contribution in [0.2, 0.25) is 0 Å². The second kappa shape index (κ2) is 7.67. The molecule has 0 saturated carbocycles. The van der Waals surface area contributed by atoms with Gasteiger partial charge >= 0.3 is 6.18 Å². The number of nitrogens with zero attached hydrogens (tertiary/aromatic N) is 1. The van der Waals surface area contributed by atoms with E-state index in [1.165, 1.54) is 10.6 Å². The normalized spacial score (nSPS) is 25.5. The predicted molar refractivity (Wildman–Crippen MR) is 113 cm³/mol. The van der Waals surface area contributed by atoms with Crippen molar-refractivity contribution in [3.63, 3.8) is 0 Å². The van der Waals surface area contributed by atoms with Crippen LogP contribution in [-0.4, -0.2) is 48.3 Å². The van der Waals surface area contributed by atoms with Gasteiger partial charge in [-0.1, -0.05) is 0 Å². The van der Waals surface area contributed by atoms with Crippen molar-refractivity contribution in [2.24, 2.45) is 0 Å². The highest BCUT2D eigenvalue weighted by Gasteiger charge is 2.61. The lowest BCUT2D eigenvalue weighted by molar-refractivity contribution is -0.137. The molecule has 33 heavy (non-hydrogen) atoms. The molecule has 1 unspecified atom stereocenters. The quantitative estimate of drug-likeness (QED) is 0.467. The summed E-state index contributed by atoms with van der Waals surface area (Å²) in [7, 11) is -7.65. The maximum Gasteiger partial charge on any atom is 0.416 e. The molecule has 4 rings (SSSR count). The largest absolute Gasteiger partial charge is 0.488 e. The number of hydrogen-bond donors (Lipinski definition) is 0. The number of halogens is 5. The van der Waals surface area contributed by atoms with Gasteiger partial charge in [0.1, 0.15) is 17.2 Å². The third kappa shape index (κ3) is 3.62. The molecule has 2 aromatic carbocycles. The van der Waals surface area contributed by atoms with E-state index in [0.29, 0.717) is 12.1 Å². The first-order valence-electron chi connectivity index (χ1n) is 9.83. The fourth-order valence-corrected chi connectivity index (χ4v) is 8.44. The van der Waals surface area contributed by atoms with Gasteiger partial charge in [-0.25, -0.2) is 21.5 Å². The van der Waals surface area contributed by atoms with Crippen LogP contribution in [0.5, 0.6) is 5.75 Å². The SMILES string of the molecule is C=S(C)(=O)N1CCC[C@]2(S(=O)(=O)c3ccc(C(F)(F)F)cc3)c3c(F)ccc(F)c3OC[C@H]12. The minimum atomic E-state index is -4.69. The number of rotatable bonds is 3. The molecule has 2 aliphatic heterocycles. The Morgan fingerprint density at radius 3 is 2.24 bits per heavy atom. The van der Waals surface area contributed by atoms with Gasteiger partial charge in [0.15, 0.2) is 21.4 Å². The van der Waals surface area contributed by atoms with Crippen molar-refractivity contribution >= 4 is 25.4 Å². The number of piperidine rings is 1. The van der Waals surface area contributed by atoms with E-state index in [1.54, 1.807) is 0 Å². The Morgan fingerprint density at radius 1 is 1.06 bits per heavy atom. The molecule has 2 aromatic rings. The highest BCUT2D eigenvalue weighted by molar-refractivity contribution is 7.97. The summed E-state index contributed by atoms with van der Waals surface area (Å²) in [6.45, 7) is -0.253. The number of hydrogen-bond acceptors (Lipinski definition) is 4. The molecule has 0 bridgehead atoms. The standard InChI is InChI=1S/C21H20F5NO4S2/c1-32(2,28)27-11-3-10-20(17(27)12-31-19-16(23)9-8-15(22)18(19)20)33(29,30)14-6-4-13(5-7-14)21(24,25)26/h4-9,17H,1,3,10-12H2,2H3/t17-,20+,32?/m0/s1. The van der Waals surface area contributed by atoms with E-state index in [-0.39, 0.29) is 19.4 Å². The minimum Gasteiger partial charge on any atom is -0.488 e. The smallest absolute Gasteiger partial charge is 0.416 e. The molecule has 3 atom stereocenters. The molecule has 0 spiro atoms. The second-order valence-electron chi connectivity index (χ2n) is 8.18. The lowest BCUT2D eigenvalue weighted by atomic mass is 9.81. The van der Waals surface area contributed by atoms with Crippen molar-refractivity contribution in [3.05, 3.63) is 59.2 Å². The maximum absolute atomic E-state index is 15.2. The lowest BCUT2D eigenvalue weighted by Gasteiger charge is -2.51. The summed E-state index contributed by atoms with van der Waals surface area (Å²) in [5.41, 5.74) is -1.60. The molecule has 5 nitrogen and oxygen atoms in total. The maximum atomic E-state index is 15.2. The Balaban J connectivity index is 2.02. The van der Waals surface area contributed by atoms with Gasteiger partial charge in [0.2, 0.25) is 0 Å². The van der Waals surface area contributed by atoms with Gasteiger partial charge in [-0.2, -0.15) is 13.2 Å². The second-order valence-corrected chi connectivity index (χ2v) is 12.8. The van der Waals surface area contributed by atoms with E-state index in [9.17, 15) is 30.2 Å². The molecule has 1 saturated heterocycles. The van der Waals surface area contributed by atoms with Crippen LogP contribution in [0.3, 0.4) is 0 Å². The van der Waals surface area contributed by atoms with Gasteiger partial charge in [-0.05, 0) is 55.1 Å². The van der Waals surface area contributed by atoms with Crippen LogP contribution >= 0.6 is 0 Å². The van der Waals surface area contributed by atoms with Gasteiger partial charge < -0.3 is 4.74 Å². The van der Waals surface area contributed by atoms with Crippen LogP contribution in [0.1, 0.15) is 24.0 Å². The third-order valence-electron chi connectivity index (χ3n) is 6.15. The molecular weight excluding hydrogens is 489 g/mol. The van der Waals surface area contributed by atoms with Crippen LogP contribution in [-0.2, 0) is 30.5 Å². The van der Waals surface area contributed by atoms with Crippen LogP contribution in [0.4, 0.5) is 22.0 Å². The third-order valence-corrected chi connectivity index (χ3v) is 10.1. The monoisotopic (exact) mass is 509 g/mol.